The second-order valence-corrected chi connectivity index (χ2v) is 5.45. The quantitative estimate of drug-likeness (QED) is 0.478. The highest BCUT2D eigenvalue weighted by molar-refractivity contribution is 7.87. The van der Waals surface area contributed by atoms with E-state index in [1.54, 1.807) is 0 Å². The fraction of sp³-hybridized carbons (Fsp3) is 0.0769. The molecule has 0 N–H and O–H groups in total. The second kappa shape index (κ2) is 5.80. The average Bonchev–Trinajstić information content (AvgIpc) is 2.47. The molecule has 2 aromatic carbocycles. The summed E-state index contributed by atoms with van der Waals surface area (Å²) in [6.45, 7) is 0. The second-order valence-electron chi connectivity index (χ2n) is 3.94. The van der Waals surface area contributed by atoms with Gasteiger partial charge in [0.05, 0.1) is 12.0 Å². The zero-order valence-corrected chi connectivity index (χ0v) is 11.7. The molecule has 0 amide bonds. The van der Waals surface area contributed by atoms with Crippen molar-refractivity contribution in [1.82, 2.24) is 0 Å². The average molecular weight is 309 g/mol. The molecule has 21 heavy (non-hydrogen) atoms. The summed E-state index contributed by atoms with van der Waals surface area (Å²) < 4.78 is 34.1. The highest BCUT2D eigenvalue weighted by atomic mass is 32.2. The summed E-state index contributed by atoms with van der Waals surface area (Å²) in [7, 11) is -2.82. The molecule has 0 radical (unpaired) electrons. The molecular weight excluding hydrogens is 298 g/mol. The maximum Gasteiger partial charge on any atom is 0.346 e. The molecule has 0 atom stereocenters. The van der Waals surface area contributed by atoms with Gasteiger partial charge in [0, 0.05) is 6.07 Å². The Labute approximate surface area is 121 Å². The molecule has 110 valence electrons. The van der Waals surface area contributed by atoms with Crippen LogP contribution in [-0.2, 0) is 10.1 Å². The third-order valence-electron chi connectivity index (χ3n) is 2.60. The Morgan fingerprint density at radius 2 is 1.57 bits per heavy atom. The molecule has 7 nitrogen and oxygen atoms in total. The highest BCUT2D eigenvalue weighted by Crippen LogP contribution is 2.27. The van der Waals surface area contributed by atoms with E-state index in [0.717, 1.165) is 12.1 Å². The van der Waals surface area contributed by atoms with E-state index < -0.39 is 25.6 Å². The van der Waals surface area contributed by atoms with Gasteiger partial charge in [-0.05, 0) is 30.3 Å². The molecule has 0 saturated carbocycles. The summed E-state index contributed by atoms with van der Waals surface area (Å²) >= 11 is 0. The summed E-state index contributed by atoms with van der Waals surface area (Å²) in [5, 5.41) is 10.9. The minimum absolute atomic E-state index is 0.0361. The van der Waals surface area contributed by atoms with Crippen molar-refractivity contribution in [3.63, 3.8) is 0 Å². The largest absolute Gasteiger partial charge is 0.497 e. The number of nitro benzene ring substituents is 1. The number of nitro groups is 1. The maximum absolute atomic E-state index is 12.1. The van der Waals surface area contributed by atoms with Gasteiger partial charge in [0.1, 0.15) is 11.5 Å². The lowest BCUT2D eigenvalue weighted by atomic mass is 10.3. The molecule has 0 aliphatic heterocycles. The Morgan fingerprint density at radius 1 is 1.00 bits per heavy atom. The fourth-order valence-electron chi connectivity index (χ4n) is 1.62. The summed E-state index contributed by atoms with van der Waals surface area (Å²) in [6.07, 6.45) is 0. The Bertz CT molecular complexity index is 754. The SMILES string of the molecule is COc1ccc(OS(=O)(=O)c2ccccc2[N+](=O)[O-])cc1. The minimum Gasteiger partial charge on any atom is -0.497 e. The van der Waals surface area contributed by atoms with E-state index in [-0.39, 0.29) is 5.75 Å². The van der Waals surface area contributed by atoms with E-state index in [2.05, 4.69) is 0 Å². The minimum atomic E-state index is -4.29. The normalized spacial score (nSPS) is 10.9. The molecular formula is C13H11NO6S. The van der Waals surface area contributed by atoms with Crippen molar-refractivity contribution in [2.45, 2.75) is 4.90 Å². The zero-order valence-electron chi connectivity index (χ0n) is 10.9. The van der Waals surface area contributed by atoms with Crippen molar-refractivity contribution in [3.05, 3.63) is 58.6 Å². The van der Waals surface area contributed by atoms with Crippen LogP contribution in [0.1, 0.15) is 0 Å². The van der Waals surface area contributed by atoms with Gasteiger partial charge in [-0.25, -0.2) is 0 Å². The van der Waals surface area contributed by atoms with Gasteiger partial charge < -0.3 is 8.92 Å². The van der Waals surface area contributed by atoms with Crippen molar-refractivity contribution in [2.75, 3.05) is 7.11 Å². The van der Waals surface area contributed by atoms with Crippen LogP contribution in [-0.4, -0.2) is 20.5 Å². The van der Waals surface area contributed by atoms with Crippen LogP contribution < -0.4 is 8.92 Å². The molecule has 2 aromatic rings. The van der Waals surface area contributed by atoms with Gasteiger partial charge in [-0.3, -0.25) is 10.1 Å². The van der Waals surface area contributed by atoms with Gasteiger partial charge in [-0.2, -0.15) is 8.42 Å². The molecule has 2 rings (SSSR count). The zero-order chi connectivity index (χ0) is 15.5. The van der Waals surface area contributed by atoms with Crippen LogP contribution in [0.5, 0.6) is 11.5 Å². The van der Waals surface area contributed by atoms with Crippen LogP contribution in [0.2, 0.25) is 0 Å². The van der Waals surface area contributed by atoms with E-state index in [1.165, 1.54) is 43.5 Å². The van der Waals surface area contributed by atoms with E-state index in [1.807, 2.05) is 0 Å². The smallest absolute Gasteiger partial charge is 0.346 e. The summed E-state index contributed by atoms with van der Waals surface area (Å²) in [6, 6.07) is 10.8. The molecule has 0 heterocycles. The molecule has 0 aromatic heterocycles. The predicted molar refractivity (Wildman–Crippen MR) is 73.9 cm³/mol. The number of nitrogens with zero attached hydrogens (tertiary/aromatic N) is 1. The first-order chi connectivity index (χ1) is 9.94. The van der Waals surface area contributed by atoms with Gasteiger partial charge in [-0.15, -0.1) is 0 Å². The Kier molecular flexibility index (Phi) is 4.08. The van der Waals surface area contributed by atoms with E-state index >= 15 is 0 Å². The number of methoxy groups -OCH3 is 1. The maximum atomic E-state index is 12.1. The number of hydrogen-bond donors (Lipinski definition) is 0. The number of para-hydroxylation sites is 1. The monoisotopic (exact) mass is 309 g/mol. The summed E-state index contributed by atoms with van der Waals surface area (Å²) in [5.74, 6) is 0.569. The van der Waals surface area contributed by atoms with Crippen LogP contribution >= 0.6 is 0 Å². The molecule has 0 saturated heterocycles. The summed E-state index contributed by atoms with van der Waals surface area (Å²) in [5.41, 5.74) is -0.536. The number of rotatable bonds is 5. The van der Waals surface area contributed by atoms with Gasteiger partial charge in [0.15, 0.2) is 4.90 Å². The molecule has 0 spiro atoms. The highest BCUT2D eigenvalue weighted by Gasteiger charge is 2.27. The number of benzene rings is 2. The molecule has 0 unspecified atom stereocenters. The lowest BCUT2D eigenvalue weighted by Crippen LogP contribution is -2.11. The van der Waals surface area contributed by atoms with Crippen LogP contribution in [0.15, 0.2) is 53.4 Å². The Morgan fingerprint density at radius 3 is 2.14 bits per heavy atom. The first kappa shape index (κ1) is 14.8. The topological polar surface area (TPSA) is 95.7 Å². The standard InChI is InChI=1S/C13H11NO6S/c1-19-10-6-8-11(9-7-10)20-21(17,18)13-5-3-2-4-12(13)14(15)16/h2-9H,1H3. The van der Waals surface area contributed by atoms with Crippen molar-refractivity contribution in [1.29, 1.82) is 0 Å². The van der Waals surface area contributed by atoms with Gasteiger partial charge in [-0.1, -0.05) is 12.1 Å². The number of hydrogen-bond acceptors (Lipinski definition) is 6. The van der Waals surface area contributed by atoms with Crippen molar-refractivity contribution < 1.29 is 22.3 Å². The van der Waals surface area contributed by atoms with E-state index in [4.69, 9.17) is 8.92 Å². The summed E-state index contributed by atoms with van der Waals surface area (Å²) in [4.78, 5) is 9.61. The van der Waals surface area contributed by atoms with Crippen molar-refractivity contribution in [3.8, 4) is 11.5 Å². The van der Waals surface area contributed by atoms with Gasteiger partial charge in [0.25, 0.3) is 5.69 Å². The molecule has 0 aliphatic carbocycles. The van der Waals surface area contributed by atoms with Gasteiger partial charge in [0.2, 0.25) is 0 Å². The first-order valence-electron chi connectivity index (χ1n) is 5.76. The fourth-order valence-corrected chi connectivity index (χ4v) is 2.72. The van der Waals surface area contributed by atoms with Gasteiger partial charge >= 0.3 is 10.1 Å². The molecule has 0 bridgehead atoms. The number of ether oxygens (including phenoxy) is 1. The van der Waals surface area contributed by atoms with Crippen LogP contribution in [0.25, 0.3) is 0 Å². The van der Waals surface area contributed by atoms with Crippen molar-refractivity contribution in [2.24, 2.45) is 0 Å². The van der Waals surface area contributed by atoms with Crippen LogP contribution in [0.4, 0.5) is 5.69 Å². The molecule has 0 fully saturated rings. The van der Waals surface area contributed by atoms with Crippen LogP contribution in [0.3, 0.4) is 0 Å². The predicted octanol–water partition coefficient (Wildman–Crippen LogP) is 2.37. The van der Waals surface area contributed by atoms with E-state index in [0.29, 0.717) is 5.75 Å². The van der Waals surface area contributed by atoms with Crippen LogP contribution in [0, 0.1) is 10.1 Å². The lowest BCUT2D eigenvalue weighted by Gasteiger charge is -2.07. The Balaban J connectivity index is 2.36. The third-order valence-corrected chi connectivity index (χ3v) is 3.89. The van der Waals surface area contributed by atoms with E-state index in [9.17, 15) is 18.5 Å². The Hall–Kier alpha value is -2.61. The third kappa shape index (κ3) is 3.29. The first-order valence-corrected chi connectivity index (χ1v) is 7.17. The van der Waals surface area contributed by atoms with Crippen molar-refractivity contribution >= 4 is 15.8 Å². The molecule has 8 heteroatoms. The lowest BCUT2D eigenvalue weighted by molar-refractivity contribution is -0.387. The molecule has 0 aliphatic rings.